The molecule has 1 N–H and O–H groups in total. The second-order valence-corrected chi connectivity index (χ2v) is 5.23. The summed E-state index contributed by atoms with van der Waals surface area (Å²) in [5.74, 6) is 0. The third-order valence-corrected chi connectivity index (χ3v) is 3.41. The number of hydrogen-bond acceptors (Lipinski definition) is 1. The van der Waals surface area contributed by atoms with Gasteiger partial charge < -0.3 is 9.88 Å². The van der Waals surface area contributed by atoms with Crippen LogP contribution in [0.4, 0.5) is 0 Å². The Hall–Kier alpha value is -0.800. The van der Waals surface area contributed by atoms with Crippen LogP contribution in [0.5, 0.6) is 0 Å². The minimum Gasteiger partial charge on any atom is -0.347 e. The Morgan fingerprint density at radius 2 is 2.12 bits per heavy atom. The summed E-state index contributed by atoms with van der Waals surface area (Å²) in [5.41, 5.74) is 1.32. The van der Waals surface area contributed by atoms with Gasteiger partial charge in [0.05, 0.1) is 0 Å². The van der Waals surface area contributed by atoms with Gasteiger partial charge >= 0.3 is 0 Å². The lowest BCUT2D eigenvalue weighted by Crippen LogP contribution is -2.17. The van der Waals surface area contributed by atoms with Crippen LogP contribution >= 0.6 is 15.9 Å². The molecule has 0 fully saturated rings. The molecule has 3 heteroatoms. The number of rotatable bonds is 6. The van der Waals surface area contributed by atoms with Crippen molar-refractivity contribution in [3.05, 3.63) is 34.9 Å². The highest BCUT2D eigenvalue weighted by Gasteiger charge is 2.00. The summed E-state index contributed by atoms with van der Waals surface area (Å²) in [4.78, 5) is 0. The van der Waals surface area contributed by atoms with Crippen LogP contribution in [0.2, 0.25) is 0 Å². The molecule has 0 radical (unpaired) electrons. The summed E-state index contributed by atoms with van der Waals surface area (Å²) in [6.07, 6.45) is 4.57. The Labute approximate surface area is 111 Å². The van der Waals surface area contributed by atoms with Crippen LogP contribution in [0.3, 0.4) is 0 Å². The first-order valence-electron chi connectivity index (χ1n) is 6.26. The third-order valence-electron chi connectivity index (χ3n) is 2.91. The minimum atomic E-state index is 1.09. The monoisotopic (exact) mass is 294 g/mol. The third kappa shape index (κ3) is 3.33. The molecular formula is C14H19BrN2. The molecule has 1 heterocycles. The average molecular weight is 295 g/mol. The van der Waals surface area contributed by atoms with E-state index in [0.29, 0.717) is 0 Å². The van der Waals surface area contributed by atoms with E-state index in [2.05, 4.69) is 63.2 Å². The molecule has 1 aromatic heterocycles. The first-order chi connectivity index (χ1) is 8.31. The molecule has 0 atom stereocenters. The van der Waals surface area contributed by atoms with Crippen LogP contribution in [0, 0.1) is 0 Å². The van der Waals surface area contributed by atoms with Crippen LogP contribution in [0.1, 0.15) is 19.8 Å². The zero-order valence-corrected chi connectivity index (χ0v) is 11.8. The Kier molecular flexibility index (Phi) is 4.63. The minimum absolute atomic E-state index is 1.09. The number of aromatic nitrogens is 1. The second kappa shape index (κ2) is 6.22. The van der Waals surface area contributed by atoms with Gasteiger partial charge in [0.2, 0.25) is 0 Å². The molecule has 2 aromatic rings. The topological polar surface area (TPSA) is 17.0 Å². The Morgan fingerprint density at radius 1 is 1.24 bits per heavy atom. The van der Waals surface area contributed by atoms with Crippen molar-refractivity contribution < 1.29 is 0 Å². The number of hydrogen-bond donors (Lipinski definition) is 1. The number of benzene rings is 1. The van der Waals surface area contributed by atoms with Crippen molar-refractivity contribution in [3.63, 3.8) is 0 Å². The normalized spacial score (nSPS) is 11.2. The molecular weight excluding hydrogens is 276 g/mol. The Bertz CT molecular complexity index is 476. The smallest absolute Gasteiger partial charge is 0.0481 e. The second-order valence-electron chi connectivity index (χ2n) is 4.32. The molecule has 17 heavy (non-hydrogen) atoms. The van der Waals surface area contributed by atoms with Crippen LogP contribution in [0.15, 0.2) is 34.9 Å². The molecule has 0 saturated carbocycles. The predicted octanol–water partition coefficient (Wildman–Crippen LogP) is 3.79. The highest BCUT2D eigenvalue weighted by atomic mass is 79.9. The summed E-state index contributed by atoms with van der Waals surface area (Å²) in [5, 5.41) is 4.74. The molecule has 0 bridgehead atoms. The lowest BCUT2D eigenvalue weighted by atomic mass is 10.2. The van der Waals surface area contributed by atoms with Gasteiger partial charge in [-0.05, 0) is 50.2 Å². The number of nitrogens with one attached hydrogen (secondary N) is 1. The van der Waals surface area contributed by atoms with Crippen LogP contribution in [0.25, 0.3) is 10.9 Å². The van der Waals surface area contributed by atoms with Crippen LogP contribution < -0.4 is 5.32 Å². The van der Waals surface area contributed by atoms with Crippen LogP contribution in [-0.2, 0) is 6.54 Å². The van der Waals surface area contributed by atoms with Gasteiger partial charge in [-0.15, -0.1) is 0 Å². The van der Waals surface area contributed by atoms with Gasteiger partial charge in [-0.2, -0.15) is 0 Å². The molecule has 0 aliphatic carbocycles. The molecule has 2 rings (SSSR count). The molecule has 1 aromatic carbocycles. The van der Waals surface area contributed by atoms with Gasteiger partial charge in [-0.3, -0.25) is 0 Å². The molecule has 0 aliphatic heterocycles. The largest absolute Gasteiger partial charge is 0.347 e. The maximum absolute atomic E-state index is 3.50. The van der Waals surface area contributed by atoms with E-state index in [1.165, 1.54) is 23.7 Å². The van der Waals surface area contributed by atoms with Gasteiger partial charge in [0.15, 0.2) is 0 Å². The fourth-order valence-corrected chi connectivity index (χ4v) is 2.42. The molecule has 0 unspecified atom stereocenters. The van der Waals surface area contributed by atoms with E-state index in [0.717, 1.165) is 24.1 Å². The fourth-order valence-electron chi connectivity index (χ4n) is 2.04. The first kappa shape index (κ1) is 12.7. The van der Waals surface area contributed by atoms with Gasteiger partial charge in [0, 0.05) is 28.1 Å². The maximum Gasteiger partial charge on any atom is 0.0481 e. The Morgan fingerprint density at radius 3 is 2.94 bits per heavy atom. The van der Waals surface area contributed by atoms with Crippen molar-refractivity contribution in [1.29, 1.82) is 0 Å². The van der Waals surface area contributed by atoms with E-state index in [9.17, 15) is 0 Å². The average Bonchev–Trinajstić information content (AvgIpc) is 2.71. The number of aryl methyl sites for hydroxylation is 1. The van der Waals surface area contributed by atoms with Gasteiger partial charge in [-0.25, -0.2) is 0 Å². The van der Waals surface area contributed by atoms with Crippen molar-refractivity contribution in [2.75, 3.05) is 13.1 Å². The van der Waals surface area contributed by atoms with E-state index >= 15 is 0 Å². The molecule has 0 saturated heterocycles. The predicted molar refractivity (Wildman–Crippen MR) is 77.4 cm³/mol. The number of halogens is 1. The van der Waals surface area contributed by atoms with Gasteiger partial charge in [-0.1, -0.05) is 22.9 Å². The first-order valence-corrected chi connectivity index (χ1v) is 7.05. The van der Waals surface area contributed by atoms with Crippen molar-refractivity contribution in [1.82, 2.24) is 9.88 Å². The van der Waals surface area contributed by atoms with Crippen molar-refractivity contribution >= 4 is 26.8 Å². The Balaban J connectivity index is 1.95. The van der Waals surface area contributed by atoms with Gasteiger partial charge in [0.1, 0.15) is 0 Å². The van der Waals surface area contributed by atoms with E-state index < -0.39 is 0 Å². The molecule has 0 spiro atoms. The molecule has 0 aliphatic rings. The van der Waals surface area contributed by atoms with E-state index in [1.807, 2.05) is 0 Å². The van der Waals surface area contributed by atoms with Crippen molar-refractivity contribution in [3.8, 4) is 0 Å². The number of fused-ring (bicyclic) bond motifs is 1. The van der Waals surface area contributed by atoms with E-state index in [4.69, 9.17) is 0 Å². The quantitative estimate of drug-likeness (QED) is 0.802. The summed E-state index contributed by atoms with van der Waals surface area (Å²) in [6.45, 7) is 5.51. The van der Waals surface area contributed by atoms with Crippen molar-refractivity contribution in [2.24, 2.45) is 0 Å². The van der Waals surface area contributed by atoms with E-state index in [-0.39, 0.29) is 0 Å². The maximum atomic E-state index is 3.50. The van der Waals surface area contributed by atoms with Gasteiger partial charge in [0.25, 0.3) is 0 Å². The van der Waals surface area contributed by atoms with Crippen molar-refractivity contribution in [2.45, 2.75) is 26.3 Å². The lowest BCUT2D eigenvalue weighted by Gasteiger charge is -2.06. The standard InChI is InChI=1S/C14H19BrN2/c1-2-7-16-8-3-9-17-10-6-12-11-13(15)4-5-14(12)17/h4-6,10-11,16H,2-3,7-9H2,1H3. The highest BCUT2D eigenvalue weighted by Crippen LogP contribution is 2.20. The van der Waals surface area contributed by atoms with Crippen LogP contribution in [-0.4, -0.2) is 17.7 Å². The van der Waals surface area contributed by atoms with E-state index in [1.54, 1.807) is 0 Å². The highest BCUT2D eigenvalue weighted by molar-refractivity contribution is 9.10. The molecule has 92 valence electrons. The SMILES string of the molecule is CCCNCCCn1ccc2cc(Br)ccc21. The summed E-state index contributed by atoms with van der Waals surface area (Å²) >= 11 is 3.50. The summed E-state index contributed by atoms with van der Waals surface area (Å²) < 4.78 is 3.47. The molecule has 2 nitrogen and oxygen atoms in total. The lowest BCUT2D eigenvalue weighted by molar-refractivity contribution is 0.587. The number of nitrogens with zero attached hydrogens (tertiary/aromatic N) is 1. The molecule has 0 amide bonds. The summed E-state index contributed by atoms with van der Waals surface area (Å²) in [6, 6.07) is 8.63. The zero-order chi connectivity index (χ0) is 12.1. The fraction of sp³-hybridized carbons (Fsp3) is 0.429. The zero-order valence-electron chi connectivity index (χ0n) is 10.2. The summed E-state index contributed by atoms with van der Waals surface area (Å²) in [7, 11) is 0.